The van der Waals surface area contributed by atoms with Gasteiger partial charge in [0.05, 0.1) is 19.6 Å². The van der Waals surface area contributed by atoms with Crippen LogP contribution in [-0.2, 0) is 17.1 Å². The van der Waals surface area contributed by atoms with Crippen molar-refractivity contribution in [3.63, 3.8) is 0 Å². The first kappa shape index (κ1) is 20.0. The van der Waals surface area contributed by atoms with E-state index < -0.39 is 10.0 Å². The lowest BCUT2D eigenvalue weighted by atomic mass is 10.2. The molecule has 1 aromatic carbocycles. The van der Waals surface area contributed by atoms with E-state index in [-0.39, 0.29) is 16.3 Å². The quantitative estimate of drug-likeness (QED) is 0.728. The first-order valence-electron chi connectivity index (χ1n) is 8.68. The maximum atomic E-state index is 13.3. The highest BCUT2D eigenvalue weighted by atomic mass is 32.2. The highest BCUT2D eigenvalue weighted by molar-refractivity contribution is 8.00. The minimum absolute atomic E-state index is 0.0988. The van der Waals surface area contributed by atoms with Gasteiger partial charge in [-0.1, -0.05) is 19.9 Å². The third-order valence-corrected chi connectivity index (χ3v) is 7.65. The van der Waals surface area contributed by atoms with E-state index in [2.05, 4.69) is 4.98 Å². The Balaban J connectivity index is 1.97. The first-order chi connectivity index (χ1) is 12.8. The van der Waals surface area contributed by atoms with Crippen LogP contribution in [0.3, 0.4) is 0 Å². The molecule has 1 aliphatic heterocycles. The van der Waals surface area contributed by atoms with Crippen molar-refractivity contribution in [3.05, 3.63) is 35.8 Å². The number of sulfonamides is 1. The summed E-state index contributed by atoms with van der Waals surface area (Å²) in [6.07, 6.45) is 1.60. The number of rotatable bonds is 6. The normalized spacial score (nSPS) is 18.2. The summed E-state index contributed by atoms with van der Waals surface area (Å²) >= 11 is 1.59. The number of ether oxygens (including phenoxy) is 2. The van der Waals surface area contributed by atoms with Crippen LogP contribution in [0.25, 0.3) is 0 Å². The Morgan fingerprint density at radius 2 is 1.93 bits per heavy atom. The Kier molecular flexibility index (Phi) is 5.73. The van der Waals surface area contributed by atoms with Crippen LogP contribution in [0.4, 0.5) is 0 Å². The summed E-state index contributed by atoms with van der Waals surface area (Å²) < 4.78 is 40.5. The summed E-state index contributed by atoms with van der Waals surface area (Å²) in [6.45, 7) is 4.44. The zero-order chi connectivity index (χ0) is 19.8. The number of hydrogen-bond donors (Lipinski definition) is 0. The number of nitrogens with zero attached hydrogens (tertiary/aromatic N) is 3. The second-order valence-electron chi connectivity index (χ2n) is 6.66. The second-order valence-corrected chi connectivity index (χ2v) is 9.68. The van der Waals surface area contributed by atoms with Crippen molar-refractivity contribution in [3.8, 4) is 11.5 Å². The Morgan fingerprint density at radius 1 is 1.22 bits per heavy atom. The molecule has 0 radical (unpaired) electrons. The van der Waals surface area contributed by atoms with E-state index in [1.54, 1.807) is 42.8 Å². The molecule has 3 rings (SSSR count). The van der Waals surface area contributed by atoms with Gasteiger partial charge in [0.15, 0.2) is 16.5 Å². The van der Waals surface area contributed by atoms with Crippen LogP contribution < -0.4 is 9.47 Å². The Hall–Kier alpha value is -1.71. The van der Waals surface area contributed by atoms with Crippen molar-refractivity contribution in [2.24, 2.45) is 7.05 Å². The molecule has 7 nitrogen and oxygen atoms in total. The summed E-state index contributed by atoms with van der Waals surface area (Å²) in [7, 11) is 1.27. The molecular formula is C18H25N3O4S2. The first-order valence-corrected chi connectivity index (χ1v) is 11.2. The summed E-state index contributed by atoms with van der Waals surface area (Å²) in [6, 6.07) is 5.52. The maximum absolute atomic E-state index is 13.3. The van der Waals surface area contributed by atoms with E-state index in [9.17, 15) is 8.42 Å². The van der Waals surface area contributed by atoms with Crippen LogP contribution in [0, 0.1) is 0 Å². The number of hydrogen-bond acceptors (Lipinski definition) is 6. The molecule has 2 aromatic rings. The predicted octanol–water partition coefficient (Wildman–Crippen LogP) is 3.00. The van der Waals surface area contributed by atoms with E-state index in [4.69, 9.17) is 9.47 Å². The molecule has 1 aliphatic rings. The fraction of sp³-hybridized carbons (Fsp3) is 0.500. The molecule has 0 saturated carbocycles. The van der Waals surface area contributed by atoms with E-state index in [0.29, 0.717) is 18.0 Å². The molecule has 1 aromatic heterocycles. The molecule has 1 saturated heterocycles. The fourth-order valence-corrected chi connectivity index (χ4v) is 6.42. The molecule has 0 bridgehead atoms. The van der Waals surface area contributed by atoms with Gasteiger partial charge in [-0.3, -0.25) is 0 Å². The molecule has 2 heterocycles. The fourth-order valence-electron chi connectivity index (χ4n) is 3.20. The lowest BCUT2D eigenvalue weighted by Crippen LogP contribution is -2.30. The Labute approximate surface area is 164 Å². The zero-order valence-corrected chi connectivity index (χ0v) is 17.8. The minimum atomic E-state index is -3.70. The number of benzene rings is 1. The lowest BCUT2D eigenvalue weighted by molar-refractivity contribution is 0.353. The van der Waals surface area contributed by atoms with Crippen LogP contribution >= 0.6 is 11.8 Å². The van der Waals surface area contributed by atoms with Crippen molar-refractivity contribution in [1.29, 1.82) is 0 Å². The van der Waals surface area contributed by atoms with E-state index in [0.717, 1.165) is 17.1 Å². The van der Waals surface area contributed by atoms with E-state index in [1.807, 2.05) is 33.0 Å². The molecule has 1 fully saturated rings. The zero-order valence-electron chi connectivity index (χ0n) is 16.2. The van der Waals surface area contributed by atoms with Gasteiger partial charge in [0.25, 0.3) is 10.0 Å². The van der Waals surface area contributed by atoms with E-state index >= 15 is 0 Å². The minimum Gasteiger partial charge on any atom is -0.493 e. The van der Waals surface area contributed by atoms with Crippen molar-refractivity contribution in [1.82, 2.24) is 13.9 Å². The monoisotopic (exact) mass is 411 g/mol. The molecule has 148 valence electrons. The van der Waals surface area contributed by atoms with Crippen molar-refractivity contribution < 1.29 is 17.9 Å². The standard InChI is InChI=1S/C18H25N3O4S2/c1-12(2)17-19-16(11-20(17)3)27(22,23)21-8-9-26-18(21)13-6-7-14(24-4)15(10-13)25-5/h6-7,10-12,18H,8-9H2,1-5H3. The smallest absolute Gasteiger partial charge is 0.263 e. The number of aryl methyl sites for hydroxylation is 1. The van der Waals surface area contributed by atoms with Gasteiger partial charge in [-0.05, 0) is 17.7 Å². The van der Waals surface area contributed by atoms with Crippen LogP contribution in [0.1, 0.15) is 36.5 Å². The molecule has 1 unspecified atom stereocenters. The number of imidazole rings is 1. The van der Waals surface area contributed by atoms with Crippen LogP contribution in [0.2, 0.25) is 0 Å². The number of methoxy groups -OCH3 is 2. The maximum Gasteiger partial charge on any atom is 0.263 e. The third-order valence-electron chi connectivity index (χ3n) is 4.52. The summed E-state index contributed by atoms with van der Waals surface area (Å²) in [4.78, 5) is 4.39. The highest BCUT2D eigenvalue weighted by Gasteiger charge is 2.38. The molecule has 9 heteroatoms. The molecule has 0 amide bonds. The van der Waals surface area contributed by atoms with Crippen molar-refractivity contribution in [2.75, 3.05) is 26.5 Å². The van der Waals surface area contributed by atoms with Gasteiger partial charge in [0, 0.05) is 31.5 Å². The van der Waals surface area contributed by atoms with Crippen LogP contribution in [0.5, 0.6) is 11.5 Å². The molecule has 27 heavy (non-hydrogen) atoms. The average molecular weight is 412 g/mol. The Morgan fingerprint density at radius 3 is 2.52 bits per heavy atom. The van der Waals surface area contributed by atoms with Crippen molar-refractivity contribution >= 4 is 21.8 Å². The SMILES string of the molecule is COc1ccc(C2SCCN2S(=O)(=O)c2cn(C)c(C(C)C)n2)cc1OC. The van der Waals surface area contributed by atoms with Gasteiger partial charge < -0.3 is 14.0 Å². The van der Waals surface area contributed by atoms with E-state index in [1.165, 1.54) is 4.31 Å². The van der Waals surface area contributed by atoms with Crippen molar-refractivity contribution in [2.45, 2.75) is 30.2 Å². The molecule has 0 spiro atoms. The topological polar surface area (TPSA) is 73.7 Å². The van der Waals surface area contributed by atoms with Gasteiger partial charge in [0.2, 0.25) is 0 Å². The Bertz CT molecular complexity index is 925. The summed E-state index contributed by atoms with van der Waals surface area (Å²) in [5, 5.41) is -0.221. The largest absolute Gasteiger partial charge is 0.493 e. The van der Waals surface area contributed by atoms with Gasteiger partial charge in [-0.15, -0.1) is 11.8 Å². The summed E-state index contributed by atoms with van der Waals surface area (Å²) in [5.41, 5.74) is 0.860. The molecule has 1 atom stereocenters. The van der Waals surface area contributed by atoms with Gasteiger partial charge in [0.1, 0.15) is 5.82 Å². The second kappa shape index (κ2) is 7.73. The van der Waals surface area contributed by atoms with Crippen LogP contribution in [0.15, 0.2) is 29.4 Å². The number of thioether (sulfide) groups is 1. The lowest BCUT2D eigenvalue weighted by Gasteiger charge is -2.23. The predicted molar refractivity (Wildman–Crippen MR) is 106 cm³/mol. The number of aromatic nitrogens is 2. The van der Waals surface area contributed by atoms with Crippen LogP contribution in [-0.4, -0.2) is 48.8 Å². The molecule has 0 N–H and O–H groups in total. The van der Waals surface area contributed by atoms with Gasteiger partial charge in [-0.2, -0.15) is 4.31 Å². The van der Waals surface area contributed by atoms with Gasteiger partial charge in [-0.25, -0.2) is 13.4 Å². The third kappa shape index (κ3) is 3.68. The highest BCUT2D eigenvalue weighted by Crippen LogP contribution is 2.43. The molecule has 0 aliphatic carbocycles. The average Bonchev–Trinajstić information content (AvgIpc) is 3.28. The van der Waals surface area contributed by atoms with Gasteiger partial charge >= 0.3 is 0 Å². The summed E-state index contributed by atoms with van der Waals surface area (Å²) in [5.74, 6) is 2.82. The molecular weight excluding hydrogens is 386 g/mol.